The van der Waals surface area contributed by atoms with Gasteiger partial charge in [0.1, 0.15) is 11.6 Å². The molecule has 0 unspecified atom stereocenters. The third kappa shape index (κ3) is 3.88. The van der Waals surface area contributed by atoms with Gasteiger partial charge in [0.05, 0.1) is 17.5 Å². The molecule has 0 saturated heterocycles. The Bertz CT molecular complexity index is 644. The maximum absolute atomic E-state index is 13.6. The molecule has 1 aromatic heterocycles. The second-order valence-electron chi connectivity index (χ2n) is 5.10. The van der Waals surface area contributed by atoms with Crippen molar-refractivity contribution in [2.24, 2.45) is 0 Å². The maximum Gasteiger partial charge on any atom is 0.238 e. The van der Waals surface area contributed by atoms with Crippen LogP contribution in [0.5, 0.6) is 0 Å². The van der Waals surface area contributed by atoms with Crippen molar-refractivity contribution in [1.82, 2.24) is 9.78 Å². The van der Waals surface area contributed by atoms with E-state index in [4.69, 9.17) is 0 Å². The van der Waals surface area contributed by atoms with Crippen molar-refractivity contribution < 1.29 is 9.18 Å². The number of hydrogen-bond acceptors (Lipinski definition) is 3. The summed E-state index contributed by atoms with van der Waals surface area (Å²) in [6, 6.07) is 8.44. The molecule has 2 aromatic rings. The van der Waals surface area contributed by atoms with E-state index < -0.39 is 5.25 Å². The standard InChI is InChI=1S/C16H20FN3OS/c1-4-11(2)20-15(9-10-18-20)19-16(21)12(3)22-14-8-6-5-7-13(14)17/h5-12H,4H2,1-3H3,(H,19,21)/t11-,12+/m1/s1. The van der Waals surface area contributed by atoms with Gasteiger partial charge in [0.15, 0.2) is 0 Å². The molecule has 2 atom stereocenters. The molecular weight excluding hydrogens is 301 g/mol. The zero-order valence-corrected chi connectivity index (χ0v) is 13.7. The van der Waals surface area contributed by atoms with E-state index in [1.54, 1.807) is 42.1 Å². The van der Waals surface area contributed by atoms with Crippen molar-refractivity contribution in [3.8, 4) is 0 Å². The molecule has 1 heterocycles. The molecular formula is C16H20FN3OS. The highest BCUT2D eigenvalue weighted by molar-refractivity contribution is 8.00. The average molecular weight is 321 g/mol. The summed E-state index contributed by atoms with van der Waals surface area (Å²) in [5, 5.41) is 6.69. The molecule has 0 fully saturated rings. The Hall–Kier alpha value is -1.82. The number of hydrogen-bond donors (Lipinski definition) is 1. The Morgan fingerprint density at radius 3 is 2.77 bits per heavy atom. The zero-order valence-electron chi connectivity index (χ0n) is 12.9. The summed E-state index contributed by atoms with van der Waals surface area (Å²) < 4.78 is 15.4. The highest BCUT2D eigenvalue weighted by Crippen LogP contribution is 2.27. The minimum Gasteiger partial charge on any atom is -0.310 e. The highest BCUT2D eigenvalue weighted by Gasteiger charge is 2.18. The fourth-order valence-corrected chi connectivity index (χ4v) is 2.83. The Kier molecular flexibility index (Phi) is 5.60. The SMILES string of the molecule is CC[C@@H](C)n1nccc1NC(=O)[C@H](C)Sc1ccccc1F. The summed E-state index contributed by atoms with van der Waals surface area (Å²) in [6.45, 7) is 5.87. The Morgan fingerprint density at radius 2 is 2.09 bits per heavy atom. The lowest BCUT2D eigenvalue weighted by molar-refractivity contribution is -0.115. The van der Waals surface area contributed by atoms with E-state index in [1.165, 1.54) is 17.8 Å². The number of benzene rings is 1. The number of aromatic nitrogens is 2. The van der Waals surface area contributed by atoms with Crippen molar-refractivity contribution in [3.63, 3.8) is 0 Å². The number of anilines is 1. The first-order chi connectivity index (χ1) is 10.5. The van der Waals surface area contributed by atoms with Gasteiger partial charge in [-0.1, -0.05) is 19.1 Å². The van der Waals surface area contributed by atoms with E-state index >= 15 is 0 Å². The number of nitrogens with zero attached hydrogens (tertiary/aromatic N) is 2. The average Bonchev–Trinajstić information content (AvgIpc) is 2.96. The molecule has 0 spiro atoms. The van der Waals surface area contributed by atoms with E-state index in [2.05, 4.69) is 17.3 Å². The van der Waals surface area contributed by atoms with Crippen LogP contribution in [-0.4, -0.2) is 20.9 Å². The Morgan fingerprint density at radius 1 is 1.36 bits per heavy atom. The fraction of sp³-hybridized carbons (Fsp3) is 0.375. The molecule has 1 amide bonds. The first-order valence-corrected chi connectivity index (χ1v) is 8.16. The fourth-order valence-electron chi connectivity index (χ4n) is 1.95. The smallest absolute Gasteiger partial charge is 0.238 e. The predicted molar refractivity (Wildman–Crippen MR) is 87.6 cm³/mol. The minimum absolute atomic E-state index is 0.168. The normalized spacial score (nSPS) is 13.6. The molecule has 0 bridgehead atoms. The van der Waals surface area contributed by atoms with Gasteiger partial charge in [0.2, 0.25) is 5.91 Å². The number of nitrogens with one attached hydrogen (secondary N) is 1. The summed E-state index contributed by atoms with van der Waals surface area (Å²) in [5.74, 6) is 0.190. The molecule has 118 valence electrons. The third-order valence-electron chi connectivity index (χ3n) is 3.44. The monoisotopic (exact) mass is 321 g/mol. The van der Waals surface area contributed by atoms with E-state index in [0.717, 1.165) is 6.42 Å². The van der Waals surface area contributed by atoms with Gasteiger partial charge >= 0.3 is 0 Å². The molecule has 4 nitrogen and oxygen atoms in total. The van der Waals surface area contributed by atoms with Crippen molar-refractivity contribution in [2.45, 2.75) is 43.4 Å². The largest absolute Gasteiger partial charge is 0.310 e. The Labute approximate surface area is 134 Å². The summed E-state index contributed by atoms with van der Waals surface area (Å²) >= 11 is 1.20. The van der Waals surface area contributed by atoms with Crippen LogP contribution in [0.25, 0.3) is 0 Å². The van der Waals surface area contributed by atoms with Crippen molar-refractivity contribution in [3.05, 3.63) is 42.3 Å². The number of rotatable bonds is 6. The summed E-state index contributed by atoms with van der Waals surface area (Å²) in [5.41, 5.74) is 0. The number of amides is 1. The zero-order chi connectivity index (χ0) is 16.1. The third-order valence-corrected chi connectivity index (χ3v) is 4.59. The lowest BCUT2D eigenvalue weighted by Gasteiger charge is -2.16. The molecule has 0 saturated carbocycles. The molecule has 6 heteroatoms. The van der Waals surface area contributed by atoms with Gasteiger partial charge in [-0.25, -0.2) is 9.07 Å². The molecule has 0 aliphatic rings. The molecule has 2 rings (SSSR count). The lowest BCUT2D eigenvalue weighted by atomic mass is 10.3. The van der Waals surface area contributed by atoms with Crippen LogP contribution in [0.1, 0.15) is 33.2 Å². The van der Waals surface area contributed by atoms with Gasteiger partial charge < -0.3 is 5.32 Å². The molecule has 0 radical (unpaired) electrons. The first kappa shape index (κ1) is 16.5. The van der Waals surface area contributed by atoms with E-state index in [9.17, 15) is 9.18 Å². The maximum atomic E-state index is 13.6. The van der Waals surface area contributed by atoms with Gasteiger partial charge in [-0.3, -0.25) is 4.79 Å². The van der Waals surface area contributed by atoms with Crippen LogP contribution in [0.4, 0.5) is 10.2 Å². The van der Waals surface area contributed by atoms with Crippen molar-refractivity contribution in [1.29, 1.82) is 0 Å². The highest BCUT2D eigenvalue weighted by atomic mass is 32.2. The number of thioether (sulfide) groups is 1. The quantitative estimate of drug-likeness (QED) is 0.814. The topological polar surface area (TPSA) is 46.9 Å². The number of carbonyl (C=O) groups excluding carboxylic acids is 1. The van der Waals surface area contributed by atoms with Crippen LogP contribution in [0, 0.1) is 5.82 Å². The first-order valence-electron chi connectivity index (χ1n) is 7.28. The summed E-state index contributed by atoms with van der Waals surface area (Å²) in [7, 11) is 0. The van der Waals surface area contributed by atoms with E-state index in [-0.39, 0.29) is 17.8 Å². The van der Waals surface area contributed by atoms with Crippen molar-refractivity contribution in [2.75, 3.05) is 5.32 Å². The Balaban J connectivity index is 2.03. The van der Waals surface area contributed by atoms with E-state index in [1.807, 2.05) is 6.92 Å². The van der Waals surface area contributed by atoms with Gasteiger partial charge in [-0.2, -0.15) is 5.10 Å². The van der Waals surface area contributed by atoms with Crippen molar-refractivity contribution >= 4 is 23.5 Å². The van der Waals surface area contributed by atoms with Gasteiger partial charge in [0.25, 0.3) is 0 Å². The van der Waals surface area contributed by atoms with Crippen LogP contribution in [0.2, 0.25) is 0 Å². The molecule has 22 heavy (non-hydrogen) atoms. The molecule has 0 aliphatic heterocycles. The minimum atomic E-state index is -0.405. The van der Waals surface area contributed by atoms with Crippen LogP contribution < -0.4 is 5.32 Å². The lowest BCUT2D eigenvalue weighted by Crippen LogP contribution is -2.24. The van der Waals surface area contributed by atoms with Gasteiger partial charge in [0, 0.05) is 11.0 Å². The van der Waals surface area contributed by atoms with Gasteiger partial charge in [-0.05, 0) is 32.4 Å². The summed E-state index contributed by atoms with van der Waals surface area (Å²) in [4.78, 5) is 12.8. The van der Waals surface area contributed by atoms with Gasteiger partial charge in [-0.15, -0.1) is 11.8 Å². The summed E-state index contributed by atoms with van der Waals surface area (Å²) in [6.07, 6.45) is 2.58. The molecule has 1 N–H and O–H groups in total. The molecule has 0 aliphatic carbocycles. The molecule has 1 aromatic carbocycles. The van der Waals surface area contributed by atoms with Crippen LogP contribution in [-0.2, 0) is 4.79 Å². The van der Waals surface area contributed by atoms with E-state index in [0.29, 0.717) is 10.7 Å². The second kappa shape index (κ2) is 7.45. The predicted octanol–water partition coefficient (Wildman–Crippen LogP) is 4.11. The second-order valence-corrected chi connectivity index (χ2v) is 6.48. The van der Waals surface area contributed by atoms with Crippen LogP contribution >= 0.6 is 11.8 Å². The van der Waals surface area contributed by atoms with Crippen LogP contribution in [0.15, 0.2) is 41.4 Å². The number of carbonyl (C=O) groups is 1. The van der Waals surface area contributed by atoms with Crippen LogP contribution in [0.3, 0.4) is 0 Å². The number of halogens is 1.